The second-order valence-electron chi connectivity index (χ2n) is 5.12. The lowest BCUT2D eigenvalue weighted by Crippen LogP contribution is -2.40. The van der Waals surface area contributed by atoms with Crippen LogP contribution in [0.25, 0.3) is 0 Å². The van der Waals surface area contributed by atoms with E-state index in [0.29, 0.717) is 19.7 Å². The zero-order valence-electron chi connectivity index (χ0n) is 11.9. The van der Waals surface area contributed by atoms with Crippen LogP contribution < -0.4 is 9.47 Å². The lowest BCUT2D eigenvalue weighted by atomic mass is 10.0. The Labute approximate surface area is 120 Å². The van der Waals surface area contributed by atoms with E-state index < -0.39 is 10.0 Å². The van der Waals surface area contributed by atoms with Gasteiger partial charge in [-0.3, -0.25) is 0 Å². The minimum Gasteiger partial charge on any atom is -0.497 e. The molecule has 0 spiro atoms. The number of sulfonamides is 1. The first-order valence-corrected chi connectivity index (χ1v) is 8.56. The SMILES string of the molecule is COc1cccc(OC[C@H]2CCCN(S(C)(=O)=O)C2)c1. The second kappa shape index (κ2) is 6.45. The largest absolute Gasteiger partial charge is 0.497 e. The van der Waals surface area contributed by atoms with Gasteiger partial charge in [-0.05, 0) is 25.0 Å². The molecule has 1 heterocycles. The van der Waals surface area contributed by atoms with Gasteiger partial charge in [-0.1, -0.05) is 6.07 Å². The van der Waals surface area contributed by atoms with E-state index in [1.807, 2.05) is 24.3 Å². The van der Waals surface area contributed by atoms with Crippen molar-refractivity contribution in [3.05, 3.63) is 24.3 Å². The zero-order chi connectivity index (χ0) is 14.6. The number of ether oxygens (including phenoxy) is 2. The quantitative estimate of drug-likeness (QED) is 0.831. The molecule has 112 valence electrons. The van der Waals surface area contributed by atoms with Crippen LogP contribution in [0.1, 0.15) is 12.8 Å². The topological polar surface area (TPSA) is 55.8 Å². The fraction of sp³-hybridized carbons (Fsp3) is 0.571. The van der Waals surface area contributed by atoms with Gasteiger partial charge in [0.1, 0.15) is 11.5 Å². The summed E-state index contributed by atoms with van der Waals surface area (Å²) in [5, 5.41) is 0. The Morgan fingerprint density at radius 1 is 1.35 bits per heavy atom. The number of hydrogen-bond acceptors (Lipinski definition) is 4. The first kappa shape index (κ1) is 15.1. The molecule has 0 amide bonds. The van der Waals surface area contributed by atoms with Gasteiger partial charge in [0.2, 0.25) is 10.0 Å². The molecule has 0 aliphatic carbocycles. The van der Waals surface area contributed by atoms with Crippen molar-refractivity contribution in [1.29, 1.82) is 0 Å². The maximum Gasteiger partial charge on any atom is 0.211 e. The second-order valence-corrected chi connectivity index (χ2v) is 7.10. The number of piperidine rings is 1. The van der Waals surface area contributed by atoms with Gasteiger partial charge < -0.3 is 9.47 Å². The van der Waals surface area contributed by atoms with Crippen molar-refractivity contribution >= 4 is 10.0 Å². The van der Waals surface area contributed by atoms with Gasteiger partial charge in [0.15, 0.2) is 0 Å². The monoisotopic (exact) mass is 299 g/mol. The summed E-state index contributed by atoms with van der Waals surface area (Å²) in [6, 6.07) is 7.44. The van der Waals surface area contributed by atoms with Crippen LogP contribution in [0.2, 0.25) is 0 Å². The van der Waals surface area contributed by atoms with Crippen molar-refractivity contribution in [2.45, 2.75) is 12.8 Å². The van der Waals surface area contributed by atoms with Crippen LogP contribution in [-0.4, -0.2) is 45.8 Å². The summed E-state index contributed by atoms with van der Waals surface area (Å²) < 4.78 is 35.5. The zero-order valence-corrected chi connectivity index (χ0v) is 12.7. The van der Waals surface area contributed by atoms with Gasteiger partial charge in [-0.2, -0.15) is 0 Å². The van der Waals surface area contributed by atoms with Crippen LogP contribution in [0.5, 0.6) is 11.5 Å². The molecule has 2 rings (SSSR count). The summed E-state index contributed by atoms with van der Waals surface area (Å²) in [5.74, 6) is 1.74. The molecule has 1 fully saturated rings. The van der Waals surface area contributed by atoms with E-state index in [0.717, 1.165) is 24.3 Å². The summed E-state index contributed by atoms with van der Waals surface area (Å²) >= 11 is 0. The average molecular weight is 299 g/mol. The normalized spacial score (nSPS) is 20.6. The van der Waals surface area contributed by atoms with E-state index in [1.54, 1.807) is 7.11 Å². The minimum atomic E-state index is -3.09. The molecular weight excluding hydrogens is 278 g/mol. The van der Waals surface area contributed by atoms with E-state index in [2.05, 4.69) is 0 Å². The van der Waals surface area contributed by atoms with Crippen molar-refractivity contribution in [2.75, 3.05) is 33.1 Å². The maximum absolute atomic E-state index is 11.6. The van der Waals surface area contributed by atoms with Crippen LogP contribution in [0.4, 0.5) is 0 Å². The molecule has 1 aliphatic heterocycles. The number of benzene rings is 1. The van der Waals surface area contributed by atoms with E-state index >= 15 is 0 Å². The number of methoxy groups -OCH3 is 1. The Morgan fingerprint density at radius 2 is 2.10 bits per heavy atom. The molecule has 1 saturated heterocycles. The van der Waals surface area contributed by atoms with E-state index in [4.69, 9.17) is 9.47 Å². The van der Waals surface area contributed by atoms with Gasteiger partial charge in [0, 0.05) is 25.1 Å². The summed E-state index contributed by atoms with van der Waals surface area (Å²) in [7, 11) is -1.48. The van der Waals surface area contributed by atoms with E-state index in [9.17, 15) is 8.42 Å². The highest BCUT2D eigenvalue weighted by atomic mass is 32.2. The third-order valence-corrected chi connectivity index (χ3v) is 4.75. The molecule has 1 aromatic rings. The van der Waals surface area contributed by atoms with Crippen LogP contribution in [0, 0.1) is 5.92 Å². The molecule has 1 aliphatic rings. The van der Waals surface area contributed by atoms with Crippen LogP contribution in [0.15, 0.2) is 24.3 Å². The molecule has 20 heavy (non-hydrogen) atoms. The fourth-order valence-corrected chi connectivity index (χ4v) is 3.31. The lowest BCUT2D eigenvalue weighted by Gasteiger charge is -2.30. The van der Waals surface area contributed by atoms with Gasteiger partial charge in [-0.25, -0.2) is 12.7 Å². The Bertz CT molecular complexity index is 544. The first-order chi connectivity index (χ1) is 9.49. The molecule has 0 bridgehead atoms. The molecule has 5 nitrogen and oxygen atoms in total. The molecule has 0 unspecified atom stereocenters. The van der Waals surface area contributed by atoms with Crippen molar-refractivity contribution in [3.63, 3.8) is 0 Å². The van der Waals surface area contributed by atoms with Gasteiger partial charge >= 0.3 is 0 Å². The maximum atomic E-state index is 11.6. The predicted molar refractivity (Wildman–Crippen MR) is 77.6 cm³/mol. The Hall–Kier alpha value is -1.27. The predicted octanol–water partition coefficient (Wildman–Crippen LogP) is 1.75. The summed E-state index contributed by atoms with van der Waals surface area (Å²) in [5.41, 5.74) is 0. The third kappa shape index (κ3) is 4.11. The van der Waals surface area contributed by atoms with Crippen molar-refractivity contribution in [2.24, 2.45) is 5.92 Å². The van der Waals surface area contributed by atoms with Crippen LogP contribution in [-0.2, 0) is 10.0 Å². The highest BCUT2D eigenvalue weighted by Gasteiger charge is 2.26. The van der Waals surface area contributed by atoms with E-state index in [-0.39, 0.29) is 5.92 Å². The van der Waals surface area contributed by atoms with Crippen LogP contribution in [0.3, 0.4) is 0 Å². The molecule has 1 aromatic carbocycles. The number of hydrogen-bond donors (Lipinski definition) is 0. The minimum absolute atomic E-state index is 0.240. The average Bonchev–Trinajstić information content (AvgIpc) is 2.45. The van der Waals surface area contributed by atoms with E-state index in [1.165, 1.54) is 10.6 Å². The van der Waals surface area contributed by atoms with Crippen molar-refractivity contribution in [3.8, 4) is 11.5 Å². The molecule has 0 radical (unpaired) electrons. The Kier molecular flexibility index (Phi) is 4.88. The van der Waals surface area contributed by atoms with Crippen LogP contribution >= 0.6 is 0 Å². The van der Waals surface area contributed by atoms with Crippen molar-refractivity contribution < 1.29 is 17.9 Å². The van der Waals surface area contributed by atoms with Crippen molar-refractivity contribution in [1.82, 2.24) is 4.31 Å². The summed E-state index contributed by atoms with van der Waals surface area (Å²) in [6.45, 7) is 1.69. The molecule has 1 atom stereocenters. The standard InChI is InChI=1S/C14H21NO4S/c1-18-13-6-3-7-14(9-13)19-11-12-5-4-8-15(10-12)20(2,16)17/h3,6-7,9,12H,4-5,8,10-11H2,1-2H3/t12-/m0/s1. The van der Waals surface area contributed by atoms with Gasteiger partial charge in [0.05, 0.1) is 20.0 Å². The highest BCUT2D eigenvalue weighted by Crippen LogP contribution is 2.22. The Balaban J connectivity index is 1.90. The number of rotatable bonds is 5. The molecule has 6 heteroatoms. The smallest absolute Gasteiger partial charge is 0.211 e. The summed E-state index contributed by atoms with van der Waals surface area (Å²) in [4.78, 5) is 0. The molecule has 0 aromatic heterocycles. The Morgan fingerprint density at radius 3 is 2.80 bits per heavy atom. The number of nitrogens with zero attached hydrogens (tertiary/aromatic N) is 1. The highest BCUT2D eigenvalue weighted by molar-refractivity contribution is 7.88. The molecule has 0 N–H and O–H groups in total. The first-order valence-electron chi connectivity index (χ1n) is 6.71. The third-order valence-electron chi connectivity index (χ3n) is 3.48. The molecule has 0 saturated carbocycles. The molecular formula is C14H21NO4S. The fourth-order valence-electron chi connectivity index (χ4n) is 2.37. The summed E-state index contributed by atoms with van der Waals surface area (Å²) in [6.07, 6.45) is 3.15. The van der Waals surface area contributed by atoms with Gasteiger partial charge in [0.25, 0.3) is 0 Å². The lowest BCUT2D eigenvalue weighted by molar-refractivity contribution is 0.180. The van der Waals surface area contributed by atoms with Gasteiger partial charge in [-0.15, -0.1) is 0 Å².